The van der Waals surface area contributed by atoms with Crippen LogP contribution in [0.1, 0.15) is 48.9 Å². The predicted molar refractivity (Wildman–Crippen MR) is 207 cm³/mol. The van der Waals surface area contributed by atoms with Crippen LogP contribution >= 0.6 is 11.6 Å². The third-order valence-electron chi connectivity index (χ3n) is 10.6. The Balaban J connectivity index is 1.21. The fourth-order valence-electron chi connectivity index (χ4n) is 7.29. The molecule has 2 aromatic carbocycles. The Hall–Kier alpha value is -3.79. The first-order valence-corrected chi connectivity index (χ1v) is 19.1. The van der Waals surface area contributed by atoms with Crippen LogP contribution in [-0.2, 0) is 22.6 Å². The number of ether oxygens (including phenoxy) is 4. The number of benzene rings is 2. The van der Waals surface area contributed by atoms with Crippen LogP contribution in [0.5, 0.6) is 11.5 Å². The van der Waals surface area contributed by atoms with Gasteiger partial charge in [0.25, 0.3) is 0 Å². The Kier molecular flexibility index (Phi) is 13.6. The highest BCUT2D eigenvalue weighted by molar-refractivity contribution is 6.32. The number of nitrogens with zero attached hydrogens (tertiary/aromatic N) is 4. The molecular weight excluding hydrogens is 690 g/mol. The van der Waals surface area contributed by atoms with Crippen LogP contribution in [0.4, 0.5) is 0 Å². The first kappa shape index (κ1) is 38.9. The molecule has 3 heterocycles. The summed E-state index contributed by atoms with van der Waals surface area (Å²) in [5.41, 5.74) is 3.18. The Morgan fingerprint density at radius 2 is 1.87 bits per heavy atom. The number of likely N-dealkylation sites (tertiary alicyclic amines) is 1. The van der Waals surface area contributed by atoms with Gasteiger partial charge in [-0.15, -0.1) is 0 Å². The summed E-state index contributed by atoms with van der Waals surface area (Å²) >= 11 is 6.99. The molecule has 0 spiro atoms. The van der Waals surface area contributed by atoms with Crippen LogP contribution in [0.3, 0.4) is 0 Å². The number of β-amino-alcohol motifs (C(OH)–C–C–N with tert-alkyl or cyclic N) is 1. The van der Waals surface area contributed by atoms with Crippen LogP contribution < -0.4 is 14.8 Å². The summed E-state index contributed by atoms with van der Waals surface area (Å²) in [5.74, 6) is 1.13. The first-order valence-electron chi connectivity index (χ1n) is 18.7. The molecule has 0 saturated carbocycles. The number of nitrogens with one attached hydrogen (secondary N) is 1. The molecule has 53 heavy (non-hydrogen) atoms. The molecule has 3 aliphatic rings. The molecule has 0 amide bonds. The van der Waals surface area contributed by atoms with E-state index in [1.54, 1.807) is 12.3 Å². The van der Waals surface area contributed by atoms with Crippen molar-refractivity contribution in [1.82, 2.24) is 20.1 Å². The number of pyridine rings is 1. The molecule has 2 saturated heterocycles. The van der Waals surface area contributed by atoms with Gasteiger partial charge in [0.2, 0.25) is 0 Å². The lowest BCUT2D eigenvalue weighted by Gasteiger charge is -2.47. The molecule has 2 fully saturated rings. The fourth-order valence-corrected chi connectivity index (χ4v) is 7.53. The molecule has 0 bridgehead atoms. The zero-order chi connectivity index (χ0) is 37.1. The van der Waals surface area contributed by atoms with Gasteiger partial charge in [0, 0.05) is 94.0 Å². The van der Waals surface area contributed by atoms with Crippen LogP contribution in [-0.4, -0.2) is 104 Å². The van der Waals surface area contributed by atoms with E-state index in [1.165, 1.54) is 6.20 Å². The Bertz CT molecular complexity index is 1760. The number of hydrogen-bond donors (Lipinski definition) is 2. The van der Waals surface area contributed by atoms with E-state index in [0.29, 0.717) is 41.8 Å². The largest absolute Gasteiger partial charge is 0.488 e. The molecule has 6 rings (SSSR count). The Labute approximate surface area is 319 Å². The number of aliphatic hydroxyl groups excluding tert-OH is 1. The molecule has 1 unspecified atom stereocenters. The second-order valence-electron chi connectivity index (χ2n) is 14.6. The molecular formula is C42H52ClN5O5. The first-order chi connectivity index (χ1) is 25.8. The average molecular weight is 742 g/mol. The maximum Gasteiger partial charge on any atom is 0.141 e. The number of aliphatic hydroxyl groups is 1. The topological polar surface area (TPSA) is 112 Å². The highest BCUT2D eigenvalue weighted by atomic mass is 35.5. The van der Waals surface area contributed by atoms with Gasteiger partial charge in [-0.2, -0.15) is 5.26 Å². The zero-order valence-corrected chi connectivity index (χ0v) is 31.7. The minimum Gasteiger partial charge on any atom is -0.488 e. The maximum atomic E-state index is 10.0. The van der Waals surface area contributed by atoms with E-state index in [-0.39, 0.29) is 19.3 Å². The fraction of sp³-hybridized carbons (Fsp3) is 0.476. The molecule has 2 aliphatic heterocycles. The molecule has 10 nitrogen and oxygen atoms in total. The summed E-state index contributed by atoms with van der Waals surface area (Å²) in [6.45, 7) is 13.6. The third-order valence-corrected chi connectivity index (χ3v) is 10.9. The quantitative estimate of drug-likeness (QED) is 0.163. The highest BCUT2D eigenvalue weighted by Gasteiger charge is 2.49. The van der Waals surface area contributed by atoms with Crippen LogP contribution in [0.25, 0.3) is 5.57 Å². The highest BCUT2D eigenvalue weighted by Crippen LogP contribution is 2.49. The normalized spacial score (nSPS) is 21.6. The van der Waals surface area contributed by atoms with Crippen molar-refractivity contribution in [2.45, 2.75) is 51.5 Å². The minimum atomic E-state index is -0.815. The smallest absolute Gasteiger partial charge is 0.141 e. The van der Waals surface area contributed by atoms with Gasteiger partial charge in [0.05, 0.1) is 29.9 Å². The standard InChI is InChI=1S/C42H52ClN5O5/c1-41(2)37(34-8-4-3-5-9-34)10-6-12-42(41,53-19-7-14-48-15-11-36(49)29-48)31-52-40-24-39(51-30-33-22-32(25-44)26-46-27-33)35(23-38(40)43)28-45-13-16-47-17-20-50-21-18-47/h3-6,8-10,12,22-24,26-27,36,45,49H,7,11,13-21,28-31H2,1-2H3/t36?,42-/m0/s1. The van der Waals surface area contributed by atoms with E-state index < -0.39 is 11.0 Å². The second-order valence-corrected chi connectivity index (χ2v) is 15.0. The number of hydrogen-bond acceptors (Lipinski definition) is 10. The summed E-state index contributed by atoms with van der Waals surface area (Å²) in [7, 11) is 0. The van der Waals surface area contributed by atoms with Crippen molar-refractivity contribution < 1.29 is 24.1 Å². The number of morpholine rings is 1. The monoisotopic (exact) mass is 741 g/mol. The molecule has 1 aliphatic carbocycles. The number of nitriles is 1. The summed E-state index contributed by atoms with van der Waals surface area (Å²) in [5, 5.41) is 23.4. The third kappa shape index (κ3) is 10.0. The Morgan fingerprint density at radius 3 is 2.64 bits per heavy atom. The summed E-state index contributed by atoms with van der Waals surface area (Å²) in [6, 6.07) is 18.1. The van der Waals surface area contributed by atoms with E-state index in [2.05, 4.69) is 82.5 Å². The van der Waals surface area contributed by atoms with E-state index >= 15 is 0 Å². The molecule has 3 aromatic rings. The second kappa shape index (κ2) is 18.5. The van der Waals surface area contributed by atoms with Crippen LogP contribution in [0.15, 0.2) is 79.2 Å². The lowest BCUT2D eigenvalue weighted by molar-refractivity contribution is -0.0926. The van der Waals surface area contributed by atoms with Crippen LogP contribution in [0, 0.1) is 16.7 Å². The number of allylic oxidation sites excluding steroid dienone is 2. The van der Waals surface area contributed by atoms with Gasteiger partial charge < -0.3 is 34.3 Å². The van der Waals surface area contributed by atoms with Gasteiger partial charge in [-0.1, -0.05) is 67.9 Å². The average Bonchev–Trinajstić information content (AvgIpc) is 3.60. The maximum absolute atomic E-state index is 10.0. The van der Waals surface area contributed by atoms with Crippen molar-refractivity contribution in [3.8, 4) is 17.6 Å². The van der Waals surface area contributed by atoms with Crippen molar-refractivity contribution in [2.24, 2.45) is 5.41 Å². The summed E-state index contributed by atoms with van der Waals surface area (Å²) in [6.07, 6.45) is 11.0. The van der Waals surface area contributed by atoms with Gasteiger partial charge in [-0.3, -0.25) is 9.88 Å². The SMILES string of the molecule is CC1(C)C(c2ccccc2)=CC=C[C@@]1(COc1cc(OCc2cncc(C#N)c2)c(CNCCN2CCOCC2)cc1Cl)OCCCN1CCC(O)C1. The number of halogens is 1. The van der Waals surface area contributed by atoms with Crippen molar-refractivity contribution in [1.29, 1.82) is 5.26 Å². The van der Waals surface area contributed by atoms with Gasteiger partial charge in [-0.05, 0) is 42.2 Å². The molecule has 282 valence electrons. The molecule has 2 atom stereocenters. The number of aromatic nitrogens is 1. The molecule has 0 radical (unpaired) electrons. The number of rotatable bonds is 17. The molecule has 2 N–H and O–H groups in total. The van der Waals surface area contributed by atoms with E-state index in [0.717, 1.165) is 87.6 Å². The van der Waals surface area contributed by atoms with Crippen LogP contribution in [0.2, 0.25) is 5.02 Å². The van der Waals surface area contributed by atoms with Gasteiger partial charge in [0.1, 0.15) is 36.4 Å². The molecule has 1 aromatic heterocycles. The van der Waals surface area contributed by atoms with Crippen molar-refractivity contribution >= 4 is 17.2 Å². The Morgan fingerprint density at radius 1 is 1.04 bits per heavy atom. The minimum absolute atomic E-state index is 0.216. The lowest BCUT2D eigenvalue weighted by Crippen LogP contribution is -2.52. The predicted octanol–water partition coefficient (Wildman–Crippen LogP) is 5.88. The van der Waals surface area contributed by atoms with E-state index in [1.807, 2.05) is 18.2 Å². The van der Waals surface area contributed by atoms with Gasteiger partial charge in [0.15, 0.2) is 0 Å². The molecule has 11 heteroatoms. The zero-order valence-electron chi connectivity index (χ0n) is 30.9. The van der Waals surface area contributed by atoms with E-state index in [4.69, 9.17) is 30.5 Å². The van der Waals surface area contributed by atoms with Crippen molar-refractivity contribution in [3.63, 3.8) is 0 Å². The van der Waals surface area contributed by atoms with Gasteiger partial charge >= 0.3 is 0 Å². The van der Waals surface area contributed by atoms with Crippen molar-refractivity contribution in [2.75, 3.05) is 72.2 Å². The van der Waals surface area contributed by atoms with Gasteiger partial charge in [-0.25, -0.2) is 0 Å². The summed E-state index contributed by atoms with van der Waals surface area (Å²) < 4.78 is 25.5. The van der Waals surface area contributed by atoms with E-state index in [9.17, 15) is 10.4 Å². The summed E-state index contributed by atoms with van der Waals surface area (Å²) in [4.78, 5) is 8.88. The van der Waals surface area contributed by atoms with Crippen molar-refractivity contribution in [3.05, 3.63) is 106 Å². The lowest BCUT2D eigenvalue weighted by atomic mass is 9.65.